The van der Waals surface area contributed by atoms with Crippen molar-refractivity contribution in [2.75, 3.05) is 20.2 Å². The molecule has 1 aliphatic rings. The van der Waals surface area contributed by atoms with Crippen molar-refractivity contribution in [3.8, 4) is 0 Å². The number of carboxylic acids is 1. The summed E-state index contributed by atoms with van der Waals surface area (Å²) >= 11 is 0. The molecule has 0 aliphatic carbocycles. The Labute approximate surface area is 124 Å². The predicted octanol–water partition coefficient (Wildman–Crippen LogP) is 0.145. The van der Waals surface area contributed by atoms with Crippen LogP contribution in [0, 0.1) is 11.3 Å². The van der Waals surface area contributed by atoms with Crippen LogP contribution in [0.5, 0.6) is 0 Å². The number of hydrogen-bond acceptors (Lipinski definition) is 5. The van der Waals surface area contributed by atoms with Gasteiger partial charge in [-0.2, -0.15) is 0 Å². The van der Waals surface area contributed by atoms with E-state index in [1.165, 1.54) is 7.11 Å². The Morgan fingerprint density at radius 1 is 1.38 bits per heavy atom. The van der Waals surface area contributed by atoms with E-state index >= 15 is 0 Å². The molecule has 21 heavy (non-hydrogen) atoms. The van der Waals surface area contributed by atoms with Crippen molar-refractivity contribution < 1.29 is 24.2 Å². The molecule has 1 heterocycles. The van der Waals surface area contributed by atoms with Gasteiger partial charge >= 0.3 is 11.9 Å². The van der Waals surface area contributed by atoms with E-state index in [9.17, 15) is 19.5 Å². The molecule has 1 aliphatic heterocycles. The van der Waals surface area contributed by atoms with Crippen LogP contribution in [0.25, 0.3) is 0 Å². The second kappa shape index (κ2) is 7.40. The Bertz CT molecular complexity index is 402. The fourth-order valence-corrected chi connectivity index (χ4v) is 2.58. The molecule has 120 valence electrons. The topological polar surface area (TPSA) is 105 Å². The fourth-order valence-electron chi connectivity index (χ4n) is 2.58. The summed E-state index contributed by atoms with van der Waals surface area (Å²) in [5.74, 6) is -1.80. The van der Waals surface area contributed by atoms with Gasteiger partial charge in [0.05, 0.1) is 12.5 Å². The first-order valence-corrected chi connectivity index (χ1v) is 7.15. The number of ether oxygens (including phenoxy) is 1. The highest BCUT2D eigenvalue weighted by molar-refractivity contribution is 5.88. The minimum atomic E-state index is -1.14. The lowest BCUT2D eigenvalue weighted by molar-refractivity contribution is -0.146. The van der Waals surface area contributed by atoms with Crippen molar-refractivity contribution in [1.82, 2.24) is 10.6 Å². The number of carboxylic acid groups (broad SMARTS) is 1. The summed E-state index contributed by atoms with van der Waals surface area (Å²) in [6.07, 6.45) is 0.663. The highest BCUT2D eigenvalue weighted by Crippen LogP contribution is 2.34. The van der Waals surface area contributed by atoms with Gasteiger partial charge in [-0.05, 0) is 25.3 Å². The van der Waals surface area contributed by atoms with Crippen LogP contribution >= 0.6 is 0 Å². The molecule has 1 rings (SSSR count). The van der Waals surface area contributed by atoms with Crippen LogP contribution in [-0.4, -0.2) is 49.2 Å². The van der Waals surface area contributed by atoms with Gasteiger partial charge in [0.1, 0.15) is 6.04 Å². The van der Waals surface area contributed by atoms with Gasteiger partial charge in [0.25, 0.3) is 0 Å². The van der Waals surface area contributed by atoms with Gasteiger partial charge in [-0.25, -0.2) is 4.79 Å². The third-order valence-electron chi connectivity index (χ3n) is 4.21. The minimum absolute atomic E-state index is 0.0232. The standard InChI is InChI=1S/C14H24N2O5/c1-9(2)14(6-7-15-8-14)13(20)16-10(12(18)19)4-5-11(17)21-3/h9-10,15H,4-8H2,1-3H3,(H,16,20)(H,18,19)/t10-,14?/m0/s1. The summed E-state index contributed by atoms with van der Waals surface area (Å²) in [5.41, 5.74) is -0.584. The predicted molar refractivity (Wildman–Crippen MR) is 75.6 cm³/mol. The van der Waals surface area contributed by atoms with E-state index in [4.69, 9.17) is 0 Å². The molecule has 7 nitrogen and oxygen atoms in total. The van der Waals surface area contributed by atoms with E-state index in [0.29, 0.717) is 13.0 Å². The second-order valence-corrected chi connectivity index (χ2v) is 5.72. The van der Waals surface area contributed by atoms with Gasteiger partial charge in [0.2, 0.25) is 5.91 Å². The Morgan fingerprint density at radius 3 is 2.48 bits per heavy atom. The van der Waals surface area contributed by atoms with Crippen LogP contribution in [0.3, 0.4) is 0 Å². The molecule has 1 amide bonds. The molecule has 0 saturated carbocycles. The van der Waals surface area contributed by atoms with Crippen LogP contribution in [0.4, 0.5) is 0 Å². The van der Waals surface area contributed by atoms with Gasteiger partial charge in [-0.1, -0.05) is 13.8 Å². The van der Waals surface area contributed by atoms with Crippen LogP contribution in [-0.2, 0) is 19.1 Å². The lowest BCUT2D eigenvalue weighted by Crippen LogP contribution is -2.51. The summed E-state index contributed by atoms with van der Waals surface area (Å²) in [6.45, 7) is 5.19. The second-order valence-electron chi connectivity index (χ2n) is 5.72. The third kappa shape index (κ3) is 4.17. The minimum Gasteiger partial charge on any atom is -0.480 e. The first-order valence-electron chi connectivity index (χ1n) is 7.15. The molecular weight excluding hydrogens is 276 g/mol. The fraction of sp³-hybridized carbons (Fsp3) is 0.786. The lowest BCUT2D eigenvalue weighted by atomic mass is 9.75. The molecule has 0 aromatic heterocycles. The number of esters is 1. The molecular formula is C14H24N2O5. The number of rotatable bonds is 7. The summed E-state index contributed by atoms with van der Waals surface area (Å²) < 4.78 is 4.49. The van der Waals surface area contributed by atoms with Gasteiger partial charge in [0.15, 0.2) is 0 Å². The first kappa shape index (κ1) is 17.4. The van der Waals surface area contributed by atoms with E-state index < -0.39 is 23.4 Å². The molecule has 0 aromatic carbocycles. The molecule has 2 atom stereocenters. The Hall–Kier alpha value is -1.63. The van der Waals surface area contributed by atoms with Crippen LogP contribution < -0.4 is 10.6 Å². The quantitative estimate of drug-likeness (QED) is 0.578. The van der Waals surface area contributed by atoms with E-state index in [2.05, 4.69) is 15.4 Å². The molecule has 1 unspecified atom stereocenters. The summed E-state index contributed by atoms with van der Waals surface area (Å²) in [7, 11) is 1.24. The monoisotopic (exact) mass is 300 g/mol. The summed E-state index contributed by atoms with van der Waals surface area (Å²) in [6, 6.07) is -1.08. The van der Waals surface area contributed by atoms with Crippen LogP contribution in [0.2, 0.25) is 0 Å². The number of aliphatic carboxylic acids is 1. The van der Waals surface area contributed by atoms with Crippen molar-refractivity contribution in [3.05, 3.63) is 0 Å². The van der Waals surface area contributed by atoms with Crippen molar-refractivity contribution in [3.63, 3.8) is 0 Å². The average molecular weight is 300 g/mol. The SMILES string of the molecule is COC(=O)CC[C@H](NC(=O)C1(C(C)C)CCNC1)C(=O)O. The average Bonchev–Trinajstić information content (AvgIpc) is 2.93. The van der Waals surface area contributed by atoms with Crippen molar-refractivity contribution in [1.29, 1.82) is 0 Å². The highest BCUT2D eigenvalue weighted by Gasteiger charge is 2.44. The molecule has 0 bridgehead atoms. The van der Waals surface area contributed by atoms with Gasteiger partial charge < -0.3 is 20.5 Å². The molecule has 0 radical (unpaired) electrons. The first-order chi connectivity index (χ1) is 9.83. The van der Waals surface area contributed by atoms with Gasteiger partial charge in [-0.3, -0.25) is 9.59 Å². The van der Waals surface area contributed by atoms with E-state index in [1.54, 1.807) is 0 Å². The van der Waals surface area contributed by atoms with E-state index in [1.807, 2.05) is 13.8 Å². The molecule has 0 aromatic rings. The largest absolute Gasteiger partial charge is 0.480 e. The summed E-state index contributed by atoms with van der Waals surface area (Å²) in [5, 5.41) is 14.9. The van der Waals surface area contributed by atoms with Gasteiger partial charge in [-0.15, -0.1) is 0 Å². The molecule has 1 fully saturated rings. The maximum Gasteiger partial charge on any atom is 0.326 e. The summed E-state index contributed by atoms with van der Waals surface area (Å²) in [4.78, 5) is 34.9. The van der Waals surface area contributed by atoms with E-state index in [0.717, 1.165) is 6.54 Å². The Kier molecular flexibility index (Phi) is 6.14. The smallest absolute Gasteiger partial charge is 0.326 e. The maximum atomic E-state index is 12.5. The zero-order valence-corrected chi connectivity index (χ0v) is 12.8. The lowest BCUT2D eigenvalue weighted by Gasteiger charge is -2.32. The number of carbonyl (C=O) groups excluding carboxylic acids is 2. The van der Waals surface area contributed by atoms with Crippen molar-refractivity contribution in [2.45, 2.75) is 39.2 Å². The zero-order valence-electron chi connectivity index (χ0n) is 12.8. The van der Waals surface area contributed by atoms with E-state index in [-0.39, 0.29) is 24.7 Å². The van der Waals surface area contributed by atoms with Crippen molar-refractivity contribution in [2.24, 2.45) is 11.3 Å². The molecule has 3 N–H and O–H groups in total. The number of amides is 1. The molecule has 7 heteroatoms. The molecule has 0 spiro atoms. The molecule has 1 saturated heterocycles. The number of nitrogens with one attached hydrogen (secondary N) is 2. The zero-order chi connectivity index (χ0) is 16.0. The van der Waals surface area contributed by atoms with Gasteiger partial charge in [0, 0.05) is 13.0 Å². The number of methoxy groups -OCH3 is 1. The Balaban J connectivity index is 2.71. The number of hydrogen-bond donors (Lipinski definition) is 3. The normalized spacial score (nSPS) is 22.9. The Morgan fingerprint density at radius 2 is 2.05 bits per heavy atom. The van der Waals surface area contributed by atoms with Crippen LogP contribution in [0.15, 0.2) is 0 Å². The third-order valence-corrected chi connectivity index (χ3v) is 4.21. The van der Waals surface area contributed by atoms with Crippen molar-refractivity contribution >= 4 is 17.8 Å². The number of carbonyl (C=O) groups is 3. The highest BCUT2D eigenvalue weighted by atomic mass is 16.5. The van der Waals surface area contributed by atoms with Crippen LogP contribution in [0.1, 0.15) is 33.1 Å². The maximum absolute atomic E-state index is 12.5.